The van der Waals surface area contributed by atoms with Crippen LogP contribution >= 0.6 is 0 Å². The number of aliphatic imine (C=N–C) groups is 3. The second-order valence-electron chi connectivity index (χ2n) is 21.4. The molecule has 0 aromatic carbocycles. The van der Waals surface area contributed by atoms with E-state index in [1.54, 1.807) is 125 Å². The molecule has 0 aliphatic carbocycles. The van der Waals surface area contributed by atoms with Crippen molar-refractivity contribution in [2.45, 2.75) is 195 Å². The molecular weight excluding hydrogens is 855 g/mol. The van der Waals surface area contributed by atoms with Gasteiger partial charge in [-0.25, -0.2) is 43.6 Å². The first-order chi connectivity index (χ1) is 29.2. The van der Waals surface area contributed by atoms with Crippen LogP contribution in [-0.4, -0.2) is 146 Å². The van der Waals surface area contributed by atoms with Crippen molar-refractivity contribution in [3.05, 3.63) is 0 Å². The summed E-state index contributed by atoms with van der Waals surface area (Å²) in [7, 11) is 0. The Balaban J connectivity index is 2.57. The molecule has 1 spiro atoms. The minimum absolute atomic E-state index is 0.0677. The molecule has 23 nitrogen and oxygen atoms in total. The van der Waals surface area contributed by atoms with E-state index in [0.717, 1.165) is 16.7 Å². The van der Waals surface area contributed by atoms with Crippen LogP contribution < -0.4 is 16.0 Å². The van der Waals surface area contributed by atoms with Gasteiger partial charge in [0.05, 0.1) is 12.6 Å². The summed E-state index contributed by atoms with van der Waals surface area (Å²) in [6, 6.07) is -3.08. The second-order valence-corrected chi connectivity index (χ2v) is 21.4. The van der Waals surface area contributed by atoms with Crippen LogP contribution in [0.25, 0.3) is 0 Å². The summed E-state index contributed by atoms with van der Waals surface area (Å²) in [5.74, 6) is -2.26. The highest BCUT2D eigenvalue weighted by atomic mass is 16.6. The molecule has 4 atom stereocenters. The van der Waals surface area contributed by atoms with E-state index in [0.29, 0.717) is 0 Å². The molecular formula is C42H69N9O14. The van der Waals surface area contributed by atoms with Gasteiger partial charge in [0.15, 0.2) is 5.66 Å². The lowest BCUT2D eigenvalue weighted by atomic mass is 9.85. The van der Waals surface area contributed by atoms with E-state index in [9.17, 15) is 33.6 Å². The van der Waals surface area contributed by atoms with E-state index in [4.69, 9.17) is 38.2 Å². The third-order valence-corrected chi connectivity index (χ3v) is 8.29. The van der Waals surface area contributed by atoms with Crippen molar-refractivity contribution in [3.63, 3.8) is 0 Å². The first-order valence-electron chi connectivity index (χ1n) is 21.2. The molecule has 6 amide bonds. The zero-order chi connectivity index (χ0) is 50.1. The number of esters is 1. The van der Waals surface area contributed by atoms with Gasteiger partial charge < -0.3 is 38.1 Å². The molecule has 2 fully saturated rings. The molecule has 0 aromatic rings. The Bertz CT molecular complexity index is 1930. The third-order valence-electron chi connectivity index (χ3n) is 8.29. The molecule has 2 saturated heterocycles. The van der Waals surface area contributed by atoms with Gasteiger partial charge in [0.2, 0.25) is 17.9 Å². The van der Waals surface area contributed by atoms with E-state index in [2.05, 4.69) is 25.9 Å². The maximum absolute atomic E-state index is 14.8. The molecule has 23 heteroatoms. The molecule has 366 valence electrons. The quantitative estimate of drug-likeness (QED) is 0.124. The molecule has 0 bridgehead atoms. The van der Waals surface area contributed by atoms with E-state index in [1.807, 2.05) is 0 Å². The van der Waals surface area contributed by atoms with Crippen LogP contribution in [0.4, 0.5) is 28.8 Å². The molecule has 3 heterocycles. The summed E-state index contributed by atoms with van der Waals surface area (Å²) in [4.78, 5) is 113. The molecule has 0 radical (unpaired) electrons. The monoisotopic (exact) mass is 923 g/mol. The maximum atomic E-state index is 14.8. The minimum Gasteiger partial charge on any atom is -0.458 e. The maximum Gasteiger partial charge on any atom is 0.437 e. The van der Waals surface area contributed by atoms with Gasteiger partial charge in [0.25, 0.3) is 0 Å². The van der Waals surface area contributed by atoms with Gasteiger partial charge in [-0.15, -0.1) is 4.99 Å². The molecule has 3 aliphatic rings. The highest BCUT2D eigenvalue weighted by molar-refractivity contribution is 6.07. The fourth-order valence-electron chi connectivity index (χ4n) is 6.72. The van der Waals surface area contributed by atoms with Crippen molar-refractivity contribution in [2.24, 2.45) is 15.0 Å². The van der Waals surface area contributed by atoms with Gasteiger partial charge in [-0.05, 0) is 125 Å². The smallest absolute Gasteiger partial charge is 0.437 e. The lowest BCUT2D eigenvalue weighted by Crippen LogP contribution is -2.80. The number of ether oxygens (including phenoxy) is 7. The predicted molar refractivity (Wildman–Crippen MR) is 235 cm³/mol. The normalized spacial score (nSPS) is 21.8. The molecule has 0 aromatic heterocycles. The van der Waals surface area contributed by atoms with Crippen molar-refractivity contribution in [1.82, 2.24) is 30.7 Å². The van der Waals surface area contributed by atoms with Crippen molar-refractivity contribution < 1.29 is 66.7 Å². The van der Waals surface area contributed by atoms with Gasteiger partial charge in [0.1, 0.15) is 45.8 Å². The Kier molecular flexibility index (Phi) is 15.5. The third kappa shape index (κ3) is 15.1. The zero-order valence-electron chi connectivity index (χ0n) is 41.3. The van der Waals surface area contributed by atoms with Crippen LogP contribution in [0.3, 0.4) is 0 Å². The van der Waals surface area contributed by atoms with E-state index in [-0.39, 0.29) is 13.0 Å². The summed E-state index contributed by atoms with van der Waals surface area (Å²) in [6.45, 7) is 29.2. The van der Waals surface area contributed by atoms with Gasteiger partial charge in [0, 0.05) is 19.9 Å². The molecule has 65 heavy (non-hydrogen) atoms. The molecule has 3 aliphatic heterocycles. The lowest BCUT2D eigenvalue weighted by Gasteiger charge is -2.55. The molecule has 0 saturated carbocycles. The van der Waals surface area contributed by atoms with Crippen LogP contribution in [0.5, 0.6) is 0 Å². The number of nitrogens with one attached hydrogen (secondary N) is 3. The first kappa shape index (κ1) is 53.4. The number of hydrogen-bond donors (Lipinski definition) is 3. The zero-order valence-corrected chi connectivity index (χ0v) is 41.3. The summed E-state index contributed by atoms with van der Waals surface area (Å²) >= 11 is 0. The van der Waals surface area contributed by atoms with Crippen LogP contribution in [0.1, 0.15) is 138 Å². The van der Waals surface area contributed by atoms with Crippen LogP contribution in [0.15, 0.2) is 15.0 Å². The standard InChI is InChI=1S/C42H69N9O14/c1-23(52)59-25-20-21-49-29(48-33(56)63-39(11,12)13)50(34(57)64-40(14,15)16)24(22-43-27(45-30(53)60-36(2,3)4)46-31(54)61-37(5,6)7)26-42(25,49)51(35(58)65-41(17,18)19)28(44-26)47-32(55)62-38(8,9)10/h24-26H,20-22H2,1-19H3,(H,44,47,55)(H2,43,45,46,53,54)/b48-29+/t24-,25-,26-,42-/m0/s1. The summed E-state index contributed by atoms with van der Waals surface area (Å²) in [5, 5.41) is 7.33. The summed E-state index contributed by atoms with van der Waals surface area (Å²) < 4.78 is 39.8. The van der Waals surface area contributed by atoms with Crippen molar-refractivity contribution in [1.29, 1.82) is 0 Å². The fraction of sp³-hybridized carbons (Fsp3) is 0.762. The molecule has 3 rings (SSSR count). The van der Waals surface area contributed by atoms with E-state index in [1.165, 1.54) is 4.90 Å². The molecule has 0 unspecified atom stereocenters. The largest absolute Gasteiger partial charge is 0.458 e. The van der Waals surface area contributed by atoms with Crippen molar-refractivity contribution in [2.75, 3.05) is 13.1 Å². The summed E-state index contributed by atoms with van der Waals surface area (Å²) in [5.41, 5.74) is -8.61. The van der Waals surface area contributed by atoms with Crippen molar-refractivity contribution >= 4 is 60.4 Å². The Morgan fingerprint density at radius 3 is 1.54 bits per heavy atom. The van der Waals surface area contributed by atoms with Gasteiger partial charge in [-0.2, -0.15) is 0 Å². The fourth-order valence-corrected chi connectivity index (χ4v) is 6.72. The van der Waals surface area contributed by atoms with Crippen LogP contribution in [0.2, 0.25) is 0 Å². The van der Waals surface area contributed by atoms with Gasteiger partial charge >= 0.3 is 42.5 Å². The molecule has 3 N–H and O–H groups in total. The van der Waals surface area contributed by atoms with Crippen LogP contribution in [-0.2, 0) is 38.0 Å². The minimum atomic E-state index is -2.12. The average molecular weight is 924 g/mol. The number of alkyl carbamates (subject to hydrolysis) is 3. The lowest BCUT2D eigenvalue weighted by molar-refractivity contribution is -0.158. The van der Waals surface area contributed by atoms with Crippen molar-refractivity contribution in [3.8, 4) is 0 Å². The number of rotatable bonds is 3. The number of amides is 6. The first-order valence-corrected chi connectivity index (χ1v) is 21.2. The van der Waals surface area contributed by atoms with E-state index >= 15 is 0 Å². The predicted octanol–water partition coefficient (Wildman–Crippen LogP) is 6.14. The van der Waals surface area contributed by atoms with Gasteiger partial charge in [-0.1, -0.05) is 0 Å². The number of carbonyl (C=O) groups is 7. The summed E-state index contributed by atoms with van der Waals surface area (Å²) in [6.07, 6.45) is -7.95. The highest BCUT2D eigenvalue weighted by Gasteiger charge is 2.73. The number of nitrogens with zero attached hydrogens (tertiary/aromatic N) is 6. The highest BCUT2D eigenvalue weighted by Crippen LogP contribution is 2.49. The van der Waals surface area contributed by atoms with E-state index < -0.39 is 124 Å². The Morgan fingerprint density at radius 1 is 0.646 bits per heavy atom. The second kappa shape index (κ2) is 18.9. The number of carbonyl (C=O) groups excluding carboxylic acids is 7. The SMILES string of the molecule is CC(=O)O[C@H]1CCN2/C(=N\C(=O)OC(C)(C)C)N(C(=O)OC(C)(C)C)[C@@H](CN=C(NC(=O)OC(C)(C)C)NC(=O)OC(C)(C)C)[C@@H]3N=C(NC(=O)OC(C)(C)C)N(C(=O)OC(C)(C)C)[C@@]132. The topological polar surface area (TPSA) is 267 Å². The Labute approximate surface area is 380 Å². The average Bonchev–Trinajstić information content (AvgIpc) is 3.54. The number of guanidine groups is 3. The Morgan fingerprint density at radius 2 is 1.09 bits per heavy atom. The van der Waals surface area contributed by atoms with Crippen LogP contribution in [0, 0.1) is 0 Å². The Hall–Kier alpha value is -5.90. The van der Waals surface area contributed by atoms with Gasteiger partial charge in [-0.3, -0.25) is 25.7 Å². The number of hydrogen-bond acceptors (Lipinski definition) is 16.